The Balaban J connectivity index is 1.89. The van der Waals surface area contributed by atoms with Crippen LogP contribution in [0.15, 0.2) is 34.0 Å². The average Bonchev–Trinajstić information content (AvgIpc) is 2.62. The smallest absolute Gasteiger partial charge is 0.398 e. The van der Waals surface area contributed by atoms with Crippen molar-refractivity contribution < 1.29 is 18.1 Å². The second-order valence-corrected chi connectivity index (χ2v) is 8.07. The minimum absolute atomic E-state index is 0.126. The van der Waals surface area contributed by atoms with Gasteiger partial charge in [-0.3, -0.25) is 0 Å². The highest BCUT2D eigenvalue weighted by Gasteiger charge is 2.54. The van der Waals surface area contributed by atoms with Crippen LogP contribution < -0.4 is 0 Å². The third-order valence-electron chi connectivity index (χ3n) is 5.22. The third kappa shape index (κ3) is 2.90. The molecule has 1 unspecified atom stereocenters. The molecule has 0 radical (unpaired) electrons. The molecule has 23 heavy (non-hydrogen) atoms. The van der Waals surface area contributed by atoms with E-state index in [1.807, 2.05) is 27.7 Å². The summed E-state index contributed by atoms with van der Waals surface area (Å²) in [6.07, 6.45) is 1.44. The maximum absolute atomic E-state index is 14.9. The lowest BCUT2D eigenvalue weighted by Crippen LogP contribution is -2.41. The molecule has 0 aromatic heterocycles. The van der Waals surface area contributed by atoms with Crippen LogP contribution in [0.25, 0.3) is 0 Å². The van der Waals surface area contributed by atoms with Gasteiger partial charge in [-0.2, -0.15) is 0 Å². The van der Waals surface area contributed by atoms with Gasteiger partial charge in [-0.25, -0.2) is 8.78 Å². The number of hydrogen-bond acceptors (Lipinski definition) is 2. The van der Waals surface area contributed by atoms with Crippen LogP contribution in [0.2, 0.25) is 0 Å². The molecule has 0 bridgehead atoms. The van der Waals surface area contributed by atoms with Gasteiger partial charge in [0.1, 0.15) is 11.5 Å². The van der Waals surface area contributed by atoms with Crippen molar-refractivity contribution in [2.45, 2.75) is 57.7 Å². The molecule has 6 heteroatoms. The van der Waals surface area contributed by atoms with Gasteiger partial charge >= 0.3 is 7.12 Å². The Labute approximate surface area is 144 Å². The summed E-state index contributed by atoms with van der Waals surface area (Å²) in [6, 6.07) is 4.51. The first kappa shape index (κ1) is 17.1. The van der Waals surface area contributed by atoms with Crippen molar-refractivity contribution in [1.29, 1.82) is 0 Å². The number of allylic oxidation sites excluding steroid dienone is 1. The molecule has 1 heterocycles. The zero-order chi connectivity index (χ0) is 17.0. The van der Waals surface area contributed by atoms with Crippen molar-refractivity contribution in [3.05, 3.63) is 45.4 Å². The highest BCUT2D eigenvalue weighted by atomic mass is 79.9. The number of hydrogen-bond donors (Lipinski definition) is 0. The molecule has 1 aromatic carbocycles. The monoisotopic (exact) mass is 384 g/mol. The van der Waals surface area contributed by atoms with Gasteiger partial charge in [-0.05, 0) is 69.9 Å². The van der Waals surface area contributed by atoms with Crippen molar-refractivity contribution in [3.8, 4) is 0 Å². The van der Waals surface area contributed by atoms with E-state index in [0.29, 0.717) is 12.0 Å². The van der Waals surface area contributed by atoms with E-state index in [9.17, 15) is 8.78 Å². The summed E-state index contributed by atoms with van der Waals surface area (Å²) in [5.74, 6) is -0.440. The molecule has 0 amide bonds. The molecule has 1 aromatic rings. The minimum atomic E-state index is -0.981. The van der Waals surface area contributed by atoms with Crippen LogP contribution in [-0.2, 0) is 9.31 Å². The molecule has 124 valence electrons. The first-order chi connectivity index (χ1) is 10.6. The van der Waals surface area contributed by atoms with E-state index >= 15 is 0 Å². The molecular formula is C17H20BBrF2O2. The fraction of sp³-hybridized carbons (Fsp3) is 0.529. The molecular weight excluding hydrogens is 365 g/mol. The Hall–Kier alpha value is -0.715. The number of rotatable bonds is 2. The van der Waals surface area contributed by atoms with E-state index < -0.39 is 18.3 Å². The van der Waals surface area contributed by atoms with Crippen molar-refractivity contribution >= 4 is 23.0 Å². The first-order valence-electron chi connectivity index (χ1n) is 7.81. The summed E-state index contributed by atoms with van der Waals surface area (Å²) < 4.78 is 40.8. The van der Waals surface area contributed by atoms with Crippen LogP contribution in [0, 0.1) is 5.82 Å². The summed E-state index contributed by atoms with van der Waals surface area (Å²) >= 11 is 3.43. The van der Waals surface area contributed by atoms with E-state index in [0.717, 1.165) is 16.5 Å². The van der Waals surface area contributed by atoms with E-state index in [2.05, 4.69) is 15.9 Å². The molecule has 0 spiro atoms. The van der Waals surface area contributed by atoms with Crippen LogP contribution >= 0.6 is 15.9 Å². The fourth-order valence-electron chi connectivity index (χ4n) is 2.94. The lowest BCUT2D eigenvalue weighted by molar-refractivity contribution is 0.00578. The van der Waals surface area contributed by atoms with Crippen molar-refractivity contribution in [2.24, 2.45) is 0 Å². The Morgan fingerprint density at radius 1 is 1.22 bits per heavy atom. The molecule has 1 saturated heterocycles. The zero-order valence-electron chi connectivity index (χ0n) is 13.8. The Morgan fingerprint density at radius 3 is 2.35 bits per heavy atom. The van der Waals surface area contributed by atoms with Gasteiger partial charge in [0.05, 0.1) is 11.2 Å². The van der Waals surface area contributed by atoms with E-state index in [4.69, 9.17) is 9.31 Å². The van der Waals surface area contributed by atoms with Crippen LogP contribution in [0.1, 0.15) is 52.0 Å². The maximum Gasteiger partial charge on any atom is 0.525 e. The van der Waals surface area contributed by atoms with E-state index in [1.54, 1.807) is 6.07 Å². The van der Waals surface area contributed by atoms with E-state index in [1.165, 1.54) is 12.1 Å². The van der Waals surface area contributed by atoms with Gasteiger partial charge in [0.15, 0.2) is 0 Å². The average molecular weight is 385 g/mol. The fourth-order valence-corrected chi connectivity index (χ4v) is 3.46. The summed E-state index contributed by atoms with van der Waals surface area (Å²) in [6.45, 7) is 7.58. The van der Waals surface area contributed by atoms with Crippen LogP contribution in [0.3, 0.4) is 0 Å². The predicted octanol–water partition coefficient (Wildman–Crippen LogP) is 5.32. The van der Waals surface area contributed by atoms with Gasteiger partial charge in [0, 0.05) is 10.4 Å². The zero-order valence-corrected chi connectivity index (χ0v) is 15.3. The highest BCUT2D eigenvalue weighted by molar-refractivity contribution is 9.10. The number of halogens is 3. The summed E-state index contributed by atoms with van der Waals surface area (Å²) in [7, 11) is -0.981. The molecule has 1 atom stereocenters. The molecule has 3 rings (SSSR count). The Bertz CT molecular complexity index is 657. The molecule has 1 aliphatic carbocycles. The molecule has 1 saturated carbocycles. The minimum Gasteiger partial charge on any atom is -0.398 e. The molecule has 2 fully saturated rings. The quantitative estimate of drug-likeness (QED) is 0.642. The van der Waals surface area contributed by atoms with Gasteiger partial charge in [-0.1, -0.05) is 15.9 Å². The largest absolute Gasteiger partial charge is 0.525 e. The standard InChI is InChI=1S/C17H20BBrF2O2/c1-16(2)17(3,4)23-18(22-16)15(21)12-7-6-11(12)13-9-10(20)5-8-14(13)19/h5,8-9,11H,6-7H2,1-4H3. The highest BCUT2D eigenvalue weighted by Crippen LogP contribution is 2.48. The number of benzene rings is 1. The summed E-state index contributed by atoms with van der Waals surface area (Å²) in [5.41, 5.74) is -0.0912. The van der Waals surface area contributed by atoms with E-state index in [-0.39, 0.29) is 17.5 Å². The maximum atomic E-state index is 14.9. The molecule has 0 N–H and O–H groups in total. The lowest BCUT2D eigenvalue weighted by Gasteiger charge is -2.32. The normalized spacial score (nSPS) is 27.8. The first-order valence-corrected chi connectivity index (χ1v) is 8.61. The van der Waals surface area contributed by atoms with Crippen LogP contribution in [0.5, 0.6) is 0 Å². The SMILES string of the molecule is CC1(C)OB(C(F)=C2CCC2c2cc(F)ccc2Br)OC1(C)C. The van der Waals surface area contributed by atoms with Crippen molar-refractivity contribution in [1.82, 2.24) is 0 Å². The van der Waals surface area contributed by atoms with Gasteiger partial charge in [0.25, 0.3) is 0 Å². The second-order valence-electron chi connectivity index (χ2n) is 7.22. The van der Waals surface area contributed by atoms with Crippen LogP contribution in [-0.4, -0.2) is 18.3 Å². The Morgan fingerprint density at radius 2 is 1.83 bits per heavy atom. The topological polar surface area (TPSA) is 18.5 Å². The van der Waals surface area contributed by atoms with Gasteiger partial charge < -0.3 is 9.31 Å². The summed E-state index contributed by atoms with van der Waals surface area (Å²) in [4.78, 5) is 0. The summed E-state index contributed by atoms with van der Waals surface area (Å²) in [5, 5.41) is 0. The van der Waals surface area contributed by atoms with Crippen LogP contribution in [0.4, 0.5) is 8.78 Å². The second kappa shape index (κ2) is 5.68. The molecule has 1 aliphatic heterocycles. The van der Waals surface area contributed by atoms with Gasteiger partial charge in [-0.15, -0.1) is 0 Å². The third-order valence-corrected chi connectivity index (χ3v) is 5.95. The van der Waals surface area contributed by atoms with Gasteiger partial charge in [0.2, 0.25) is 0 Å². The molecule has 2 nitrogen and oxygen atoms in total. The Kier molecular flexibility index (Phi) is 4.22. The predicted molar refractivity (Wildman–Crippen MR) is 90.3 cm³/mol. The van der Waals surface area contributed by atoms with Crippen molar-refractivity contribution in [3.63, 3.8) is 0 Å². The van der Waals surface area contributed by atoms with Crippen molar-refractivity contribution in [2.75, 3.05) is 0 Å². The lowest BCUT2D eigenvalue weighted by atomic mass is 9.69. The molecule has 2 aliphatic rings.